The first-order valence-corrected chi connectivity index (χ1v) is 6.98. The molecule has 1 aromatic carbocycles. The summed E-state index contributed by atoms with van der Waals surface area (Å²) in [7, 11) is 1.90. The SMILES string of the molecule is CCC/C=C/c1c(CCC)cc2c(ncn2C)c1F. The number of hydrogen-bond acceptors (Lipinski definition) is 1. The monoisotopic (exact) mass is 260 g/mol. The van der Waals surface area contributed by atoms with Crippen LogP contribution < -0.4 is 0 Å². The maximum atomic E-state index is 14.6. The molecule has 19 heavy (non-hydrogen) atoms. The summed E-state index contributed by atoms with van der Waals surface area (Å²) in [5.74, 6) is -0.186. The van der Waals surface area contributed by atoms with Gasteiger partial charge in [-0.25, -0.2) is 9.37 Å². The highest BCUT2D eigenvalue weighted by Crippen LogP contribution is 2.26. The van der Waals surface area contributed by atoms with Crippen LogP contribution in [-0.2, 0) is 13.5 Å². The molecule has 1 heterocycles. The summed E-state index contributed by atoms with van der Waals surface area (Å²) in [6, 6.07) is 2.07. The number of nitrogens with zero attached hydrogens (tertiary/aromatic N) is 2. The zero-order valence-electron chi connectivity index (χ0n) is 11.9. The third-order valence-corrected chi connectivity index (χ3v) is 3.34. The van der Waals surface area contributed by atoms with Gasteiger partial charge in [-0.3, -0.25) is 0 Å². The van der Waals surface area contributed by atoms with E-state index in [9.17, 15) is 4.39 Å². The van der Waals surface area contributed by atoms with Crippen molar-refractivity contribution in [3.63, 3.8) is 0 Å². The molecule has 0 saturated carbocycles. The number of fused-ring (bicyclic) bond motifs is 1. The second kappa shape index (κ2) is 6.00. The molecule has 2 rings (SSSR count). The number of rotatable bonds is 5. The minimum atomic E-state index is -0.186. The Balaban J connectivity index is 2.57. The zero-order valence-corrected chi connectivity index (χ0v) is 11.9. The maximum Gasteiger partial charge on any atom is 0.158 e. The van der Waals surface area contributed by atoms with E-state index >= 15 is 0 Å². The van der Waals surface area contributed by atoms with Gasteiger partial charge in [-0.05, 0) is 24.5 Å². The van der Waals surface area contributed by atoms with Crippen molar-refractivity contribution in [2.45, 2.75) is 39.5 Å². The van der Waals surface area contributed by atoms with E-state index in [1.54, 1.807) is 6.33 Å². The molecular weight excluding hydrogens is 239 g/mol. The lowest BCUT2D eigenvalue weighted by Gasteiger charge is -2.08. The van der Waals surface area contributed by atoms with Gasteiger partial charge in [0.05, 0.1) is 11.8 Å². The summed E-state index contributed by atoms with van der Waals surface area (Å²) < 4.78 is 16.4. The van der Waals surface area contributed by atoms with E-state index in [-0.39, 0.29) is 5.82 Å². The molecule has 3 heteroatoms. The highest BCUT2D eigenvalue weighted by atomic mass is 19.1. The summed E-state index contributed by atoms with van der Waals surface area (Å²) in [5, 5.41) is 0. The summed E-state index contributed by atoms with van der Waals surface area (Å²) in [6.45, 7) is 4.24. The Morgan fingerprint density at radius 1 is 1.32 bits per heavy atom. The second-order valence-electron chi connectivity index (χ2n) is 4.93. The number of hydrogen-bond donors (Lipinski definition) is 0. The molecule has 0 amide bonds. The van der Waals surface area contributed by atoms with Crippen molar-refractivity contribution in [2.24, 2.45) is 7.05 Å². The zero-order chi connectivity index (χ0) is 13.8. The Hall–Kier alpha value is -1.64. The normalized spacial score (nSPS) is 11.8. The number of unbranched alkanes of at least 4 members (excludes halogenated alkanes) is 1. The molecule has 0 radical (unpaired) electrons. The van der Waals surface area contributed by atoms with E-state index in [0.717, 1.165) is 36.8 Å². The molecule has 0 fully saturated rings. The largest absolute Gasteiger partial charge is 0.334 e. The van der Waals surface area contributed by atoms with Gasteiger partial charge in [0.25, 0.3) is 0 Å². The fourth-order valence-electron chi connectivity index (χ4n) is 2.31. The Morgan fingerprint density at radius 2 is 2.11 bits per heavy atom. The molecule has 0 aliphatic rings. The van der Waals surface area contributed by atoms with E-state index in [1.165, 1.54) is 0 Å². The fraction of sp³-hybridized carbons (Fsp3) is 0.438. The first kappa shape index (κ1) is 13.8. The second-order valence-corrected chi connectivity index (χ2v) is 4.93. The van der Waals surface area contributed by atoms with E-state index in [0.29, 0.717) is 11.1 Å². The quantitative estimate of drug-likeness (QED) is 0.775. The first-order chi connectivity index (χ1) is 9.19. The number of benzene rings is 1. The third kappa shape index (κ3) is 2.70. The molecule has 2 aromatic rings. The predicted molar refractivity (Wildman–Crippen MR) is 78.6 cm³/mol. The molecular formula is C16H21FN2. The van der Waals surface area contributed by atoms with E-state index in [2.05, 4.69) is 24.9 Å². The van der Waals surface area contributed by atoms with Gasteiger partial charge in [-0.2, -0.15) is 0 Å². The average Bonchev–Trinajstić information content (AvgIpc) is 2.76. The number of imidazole rings is 1. The molecule has 0 spiro atoms. The van der Waals surface area contributed by atoms with Gasteiger partial charge < -0.3 is 4.57 Å². The molecule has 102 valence electrons. The van der Waals surface area contributed by atoms with Gasteiger partial charge in [-0.15, -0.1) is 0 Å². The lowest BCUT2D eigenvalue weighted by molar-refractivity contribution is 0.631. The minimum absolute atomic E-state index is 0.186. The standard InChI is InChI=1S/C16H21FN2/c1-4-6-7-9-13-12(8-5-2)10-14-16(15(13)17)18-11-19(14)3/h7,9-11H,4-6,8H2,1-3H3/b9-7+. The van der Waals surface area contributed by atoms with Gasteiger partial charge in [0.2, 0.25) is 0 Å². The molecule has 1 aromatic heterocycles. The van der Waals surface area contributed by atoms with Gasteiger partial charge in [0.15, 0.2) is 5.82 Å². The van der Waals surface area contributed by atoms with Crippen molar-refractivity contribution in [3.05, 3.63) is 35.4 Å². The molecule has 0 atom stereocenters. The van der Waals surface area contributed by atoms with Crippen LogP contribution in [0.4, 0.5) is 4.39 Å². The molecule has 0 bridgehead atoms. The lowest BCUT2D eigenvalue weighted by Crippen LogP contribution is -1.96. The van der Waals surface area contributed by atoms with Gasteiger partial charge in [-0.1, -0.05) is 38.8 Å². The van der Waals surface area contributed by atoms with Crippen LogP contribution in [-0.4, -0.2) is 9.55 Å². The fourth-order valence-corrected chi connectivity index (χ4v) is 2.31. The molecule has 0 aliphatic carbocycles. The number of halogens is 1. The number of aryl methyl sites for hydroxylation is 2. The predicted octanol–water partition coefficient (Wildman–Crippen LogP) is 4.48. The first-order valence-electron chi connectivity index (χ1n) is 6.98. The van der Waals surface area contributed by atoms with Crippen LogP contribution in [0, 0.1) is 5.82 Å². The van der Waals surface area contributed by atoms with Crippen molar-refractivity contribution in [1.29, 1.82) is 0 Å². The van der Waals surface area contributed by atoms with E-state index < -0.39 is 0 Å². The van der Waals surface area contributed by atoms with Gasteiger partial charge >= 0.3 is 0 Å². The Bertz CT molecular complexity index is 596. The van der Waals surface area contributed by atoms with Crippen molar-refractivity contribution >= 4 is 17.1 Å². The van der Waals surface area contributed by atoms with Crippen LogP contribution in [0.25, 0.3) is 17.1 Å². The van der Waals surface area contributed by atoms with Crippen LogP contribution in [0.2, 0.25) is 0 Å². The Labute approximate surface area is 114 Å². The Morgan fingerprint density at radius 3 is 2.79 bits per heavy atom. The molecule has 2 nitrogen and oxygen atoms in total. The van der Waals surface area contributed by atoms with Gasteiger partial charge in [0.1, 0.15) is 5.52 Å². The lowest BCUT2D eigenvalue weighted by atomic mass is 10.0. The summed E-state index contributed by atoms with van der Waals surface area (Å²) in [4.78, 5) is 4.16. The number of allylic oxidation sites excluding steroid dienone is 1. The van der Waals surface area contributed by atoms with Crippen molar-refractivity contribution in [2.75, 3.05) is 0 Å². The smallest absolute Gasteiger partial charge is 0.158 e. The summed E-state index contributed by atoms with van der Waals surface area (Å²) in [5.41, 5.74) is 3.12. The van der Waals surface area contributed by atoms with Crippen molar-refractivity contribution in [3.8, 4) is 0 Å². The van der Waals surface area contributed by atoms with Crippen molar-refractivity contribution in [1.82, 2.24) is 9.55 Å². The molecule has 0 aliphatic heterocycles. The van der Waals surface area contributed by atoms with Gasteiger partial charge in [0, 0.05) is 12.6 Å². The van der Waals surface area contributed by atoms with Crippen LogP contribution in [0.3, 0.4) is 0 Å². The van der Waals surface area contributed by atoms with Crippen LogP contribution >= 0.6 is 0 Å². The molecule has 0 unspecified atom stereocenters. The van der Waals surface area contributed by atoms with Crippen LogP contribution in [0.15, 0.2) is 18.5 Å². The van der Waals surface area contributed by atoms with Crippen molar-refractivity contribution < 1.29 is 4.39 Å². The minimum Gasteiger partial charge on any atom is -0.334 e. The van der Waals surface area contributed by atoms with Crippen LogP contribution in [0.1, 0.15) is 44.2 Å². The van der Waals surface area contributed by atoms with E-state index in [1.807, 2.05) is 23.8 Å². The number of aromatic nitrogens is 2. The van der Waals surface area contributed by atoms with E-state index in [4.69, 9.17) is 0 Å². The maximum absolute atomic E-state index is 14.6. The Kier molecular flexibility index (Phi) is 4.35. The molecule has 0 N–H and O–H groups in total. The highest BCUT2D eigenvalue weighted by Gasteiger charge is 2.14. The highest BCUT2D eigenvalue weighted by molar-refractivity contribution is 5.81. The molecule has 0 saturated heterocycles. The third-order valence-electron chi connectivity index (χ3n) is 3.34. The average molecular weight is 260 g/mol. The summed E-state index contributed by atoms with van der Waals surface area (Å²) in [6.07, 6.45) is 9.59. The topological polar surface area (TPSA) is 17.8 Å². The van der Waals surface area contributed by atoms with Crippen LogP contribution in [0.5, 0.6) is 0 Å². The summed E-state index contributed by atoms with van der Waals surface area (Å²) >= 11 is 0.